The van der Waals surface area contributed by atoms with Gasteiger partial charge in [0.1, 0.15) is 18.8 Å². The minimum absolute atomic E-state index is 0.325. The Bertz CT molecular complexity index is 494. The average molecular weight is 354 g/mol. The van der Waals surface area contributed by atoms with Crippen LogP contribution in [0.2, 0.25) is 0 Å². The van der Waals surface area contributed by atoms with Gasteiger partial charge in [0, 0.05) is 42.0 Å². The molecule has 5 atom stereocenters. The number of esters is 3. The molecule has 0 radical (unpaired) electrons. The third-order valence-corrected chi connectivity index (χ3v) is 2.67. The summed E-state index contributed by atoms with van der Waals surface area (Å²) >= 11 is 0. The molecule has 0 aliphatic rings. The van der Waals surface area contributed by atoms with Crippen LogP contribution in [0, 0.1) is 0 Å². The van der Waals surface area contributed by atoms with Crippen LogP contribution in [0.4, 0.5) is 0 Å². The van der Waals surface area contributed by atoms with Crippen molar-refractivity contribution >= 4 is 17.9 Å². The Morgan fingerprint density at radius 2 is 1.42 bits per heavy atom. The van der Waals surface area contributed by atoms with Crippen LogP contribution in [0.25, 0.3) is 0 Å². The highest BCUT2D eigenvalue weighted by Crippen LogP contribution is 2.18. The van der Waals surface area contributed by atoms with Crippen molar-refractivity contribution in [3.63, 3.8) is 0 Å². The van der Waals surface area contributed by atoms with Crippen LogP contribution in [-0.4, -0.2) is 76.8 Å². The molecule has 0 aliphatic carbocycles. The number of hydrogen-bond acceptors (Lipinski definition) is 9. The van der Waals surface area contributed by atoms with Gasteiger partial charge in [-0.25, -0.2) is 0 Å². The van der Waals surface area contributed by atoms with Crippen molar-refractivity contribution in [2.75, 3.05) is 34.4 Å². The van der Waals surface area contributed by atoms with Gasteiger partial charge in [0.15, 0.2) is 12.2 Å². The second-order valence-electron chi connectivity index (χ2n) is 4.60. The zero-order chi connectivity index (χ0) is 21.7. The first-order chi connectivity index (χ1) is 13.2. The molecular formula is C15H26O9. The number of carbonyl (C=O) groups is 3. The zero-order valence-corrected chi connectivity index (χ0v) is 13.9. The van der Waals surface area contributed by atoms with Crippen LogP contribution < -0.4 is 0 Å². The normalized spacial score (nSPS) is 19.3. The van der Waals surface area contributed by atoms with E-state index in [-0.39, 0.29) is 6.61 Å². The Balaban J connectivity index is 5.94. The Morgan fingerprint density at radius 1 is 0.875 bits per heavy atom. The summed E-state index contributed by atoms with van der Waals surface area (Å²) in [5.41, 5.74) is 0. The van der Waals surface area contributed by atoms with Crippen LogP contribution in [-0.2, 0) is 42.8 Å². The molecule has 0 aromatic rings. The van der Waals surface area contributed by atoms with Gasteiger partial charge in [-0.05, 0) is 0 Å². The Labute approximate surface area is 147 Å². The number of hydrogen-bond donors (Lipinski definition) is 0. The van der Waals surface area contributed by atoms with Gasteiger partial charge in [-0.15, -0.1) is 0 Å². The summed E-state index contributed by atoms with van der Waals surface area (Å²) in [5, 5.41) is 0. The molecule has 0 saturated carbocycles. The smallest absolute Gasteiger partial charge is 0.303 e. The minimum atomic E-state index is -1.75. The molecular weight excluding hydrogens is 324 g/mol. The largest absolute Gasteiger partial charge is 0.462 e. The van der Waals surface area contributed by atoms with Gasteiger partial charge in [0.05, 0.1) is 12.1 Å². The highest BCUT2D eigenvalue weighted by molar-refractivity contribution is 5.67. The number of rotatable bonds is 11. The van der Waals surface area contributed by atoms with Gasteiger partial charge in [-0.2, -0.15) is 0 Å². The molecule has 0 heterocycles. The van der Waals surface area contributed by atoms with Crippen molar-refractivity contribution < 1.29 is 48.3 Å². The molecule has 0 rings (SSSR count). The van der Waals surface area contributed by atoms with Crippen molar-refractivity contribution in [3.05, 3.63) is 0 Å². The second kappa shape index (κ2) is 11.8. The lowest BCUT2D eigenvalue weighted by molar-refractivity contribution is -0.192. The number of methoxy groups -OCH3 is 3. The van der Waals surface area contributed by atoms with E-state index in [1.54, 1.807) is 0 Å². The first-order valence-corrected chi connectivity index (χ1v) is 6.80. The topological polar surface area (TPSA) is 107 Å². The molecule has 0 spiro atoms. The highest BCUT2D eigenvalue weighted by atomic mass is 16.6. The maximum Gasteiger partial charge on any atom is 0.303 e. The number of ether oxygens (including phenoxy) is 6. The molecule has 0 bridgehead atoms. The summed E-state index contributed by atoms with van der Waals surface area (Å²) in [4.78, 5) is 34.1. The lowest BCUT2D eigenvalue weighted by Gasteiger charge is -2.34. The molecule has 0 N–H and O–H groups in total. The van der Waals surface area contributed by atoms with Crippen LogP contribution in [0.3, 0.4) is 0 Å². The molecule has 24 heavy (non-hydrogen) atoms. The van der Waals surface area contributed by atoms with E-state index in [9.17, 15) is 14.4 Å². The molecule has 0 aliphatic heterocycles. The molecule has 0 saturated heterocycles. The summed E-state index contributed by atoms with van der Waals surface area (Å²) in [6.45, 7) is 1.15. The lowest BCUT2D eigenvalue weighted by atomic mass is 10.0. The van der Waals surface area contributed by atoms with E-state index in [1.165, 1.54) is 0 Å². The third kappa shape index (κ3) is 8.23. The Hall–Kier alpha value is -1.71. The van der Waals surface area contributed by atoms with E-state index in [1.807, 2.05) is 0 Å². The first kappa shape index (κ1) is 15.8. The van der Waals surface area contributed by atoms with E-state index in [2.05, 4.69) is 0 Å². The monoisotopic (exact) mass is 354 g/mol. The summed E-state index contributed by atoms with van der Waals surface area (Å²) in [7, 11) is -1.76. The molecule has 0 amide bonds. The second-order valence-corrected chi connectivity index (χ2v) is 4.60. The predicted octanol–water partition coefficient (Wildman–Crippen LogP) is 0.0893. The van der Waals surface area contributed by atoms with Gasteiger partial charge < -0.3 is 28.4 Å². The zero-order valence-electron chi connectivity index (χ0n) is 17.9. The maximum atomic E-state index is 11.5. The van der Waals surface area contributed by atoms with Gasteiger partial charge in [0.2, 0.25) is 0 Å². The SMILES string of the molecule is [2H]COC[C@@H](OC(C)=O)[C@@H](OC[2H])[C@H](OC[2H])[C@H](OC(C)=O)C([2H])OC(C)=O. The average Bonchev–Trinajstić information content (AvgIpc) is 2.58. The van der Waals surface area contributed by atoms with Crippen molar-refractivity contribution in [3.8, 4) is 0 Å². The van der Waals surface area contributed by atoms with Crippen LogP contribution in [0.15, 0.2) is 0 Å². The Morgan fingerprint density at radius 3 is 1.88 bits per heavy atom. The number of carbonyl (C=O) groups excluding carboxylic acids is 3. The molecule has 140 valence electrons. The molecule has 1 unspecified atom stereocenters. The van der Waals surface area contributed by atoms with Crippen molar-refractivity contribution in [1.82, 2.24) is 0 Å². The highest BCUT2D eigenvalue weighted by Gasteiger charge is 2.39. The van der Waals surface area contributed by atoms with Crippen LogP contribution in [0.1, 0.15) is 26.3 Å². The first-order valence-electron chi connectivity index (χ1n) is 9.50. The molecule has 0 aromatic heterocycles. The van der Waals surface area contributed by atoms with E-state index >= 15 is 0 Å². The fourth-order valence-electron chi connectivity index (χ4n) is 1.84. The van der Waals surface area contributed by atoms with Crippen molar-refractivity contribution in [2.24, 2.45) is 0 Å². The molecule has 9 heteroatoms. The Kier molecular flexibility index (Phi) is 7.75. The van der Waals surface area contributed by atoms with E-state index in [0.29, 0.717) is 0 Å². The van der Waals surface area contributed by atoms with Gasteiger partial charge in [0.25, 0.3) is 0 Å². The minimum Gasteiger partial charge on any atom is -0.462 e. The van der Waals surface area contributed by atoms with Crippen LogP contribution >= 0.6 is 0 Å². The molecule has 0 aromatic carbocycles. The standard InChI is InChI=1S/C15H26O9/c1-9(16)22-8-13(24-11(3)18)15(21-6)14(20-5)12(7-19-4)23-10(2)17/h12-15H,7-8H2,1-6H3/t12-,13-,14-,15-/m1/s1/i4D,5D,6D,8D/t8?,12-,13-,14-,15-. The summed E-state index contributed by atoms with van der Waals surface area (Å²) in [6.07, 6.45) is -5.52. The summed E-state index contributed by atoms with van der Waals surface area (Å²) < 4.78 is 60.1. The summed E-state index contributed by atoms with van der Waals surface area (Å²) in [6, 6.07) is 0. The van der Waals surface area contributed by atoms with E-state index in [4.69, 9.17) is 33.9 Å². The maximum absolute atomic E-state index is 11.5. The fraction of sp³-hybridized carbons (Fsp3) is 0.800. The molecule has 0 fully saturated rings. The van der Waals surface area contributed by atoms with Crippen LogP contribution in [0.5, 0.6) is 0 Å². The van der Waals surface area contributed by atoms with Crippen molar-refractivity contribution in [1.29, 1.82) is 0 Å². The van der Waals surface area contributed by atoms with E-state index in [0.717, 1.165) is 20.8 Å². The summed E-state index contributed by atoms with van der Waals surface area (Å²) in [5.74, 6) is -2.38. The van der Waals surface area contributed by atoms with E-state index < -0.39 is 70.2 Å². The van der Waals surface area contributed by atoms with Gasteiger partial charge >= 0.3 is 17.9 Å². The molecule has 9 nitrogen and oxygen atoms in total. The third-order valence-electron chi connectivity index (χ3n) is 2.67. The lowest BCUT2D eigenvalue weighted by Crippen LogP contribution is -2.52. The fourth-order valence-corrected chi connectivity index (χ4v) is 1.84. The van der Waals surface area contributed by atoms with Gasteiger partial charge in [-0.3, -0.25) is 14.4 Å². The quantitative estimate of drug-likeness (QED) is 0.377. The predicted molar refractivity (Wildman–Crippen MR) is 81.2 cm³/mol. The van der Waals surface area contributed by atoms with Crippen molar-refractivity contribution in [2.45, 2.75) is 45.2 Å². The van der Waals surface area contributed by atoms with Gasteiger partial charge in [-0.1, -0.05) is 0 Å².